The molecule has 1 aromatic rings. The summed E-state index contributed by atoms with van der Waals surface area (Å²) in [5.74, 6) is -0.704. The number of fused-ring (bicyclic) bond motifs is 1. The quantitative estimate of drug-likeness (QED) is 0.885. The van der Waals surface area contributed by atoms with Gasteiger partial charge in [0, 0.05) is 11.8 Å². The third-order valence-corrected chi connectivity index (χ3v) is 4.51. The van der Waals surface area contributed by atoms with Crippen molar-refractivity contribution >= 4 is 5.97 Å². The van der Waals surface area contributed by atoms with Crippen molar-refractivity contribution in [3.63, 3.8) is 0 Å². The van der Waals surface area contributed by atoms with E-state index in [1.807, 2.05) is 0 Å². The Morgan fingerprint density at radius 3 is 2.74 bits per heavy atom. The van der Waals surface area contributed by atoms with Crippen LogP contribution in [0, 0.1) is 0 Å². The minimum atomic E-state index is -0.704. The summed E-state index contributed by atoms with van der Waals surface area (Å²) in [7, 11) is 0. The molecule has 1 aliphatic heterocycles. The molecule has 3 nitrogen and oxygen atoms in total. The summed E-state index contributed by atoms with van der Waals surface area (Å²) >= 11 is 0. The first kappa shape index (κ1) is 12.7. The monoisotopic (exact) mass is 260 g/mol. The predicted octanol–water partition coefficient (Wildman–Crippen LogP) is 2.70. The molecule has 3 heteroatoms. The molecule has 1 N–H and O–H groups in total. The Hall–Kier alpha value is -1.35. The standard InChI is InChI=1S/C16H20O3/c17-15(18)5-2-8-16(10-19-11-16)14-7-6-12-3-1-4-13(12)9-14/h6-7,9H,1-5,8,10-11H2,(H,17,18). The van der Waals surface area contributed by atoms with Crippen LogP contribution >= 0.6 is 0 Å². The van der Waals surface area contributed by atoms with Crippen LogP contribution in [0.1, 0.15) is 42.4 Å². The van der Waals surface area contributed by atoms with Crippen molar-refractivity contribution in [2.45, 2.75) is 43.9 Å². The SMILES string of the molecule is O=C(O)CCCC1(c2ccc3c(c2)CCC3)COC1. The van der Waals surface area contributed by atoms with E-state index >= 15 is 0 Å². The zero-order valence-electron chi connectivity index (χ0n) is 11.2. The predicted molar refractivity (Wildman–Crippen MR) is 72.5 cm³/mol. The van der Waals surface area contributed by atoms with Crippen molar-refractivity contribution in [1.29, 1.82) is 0 Å². The lowest BCUT2D eigenvalue weighted by atomic mass is 9.74. The fourth-order valence-electron chi connectivity index (χ4n) is 3.28. The molecule has 1 aromatic carbocycles. The average Bonchev–Trinajstić information content (AvgIpc) is 2.79. The van der Waals surface area contributed by atoms with Gasteiger partial charge < -0.3 is 9.84 Å². The molecule has 2 aliphatic rings. The van der Waals surface area contributed by atoms with Crippen LogP contribution in [0.4, 0.5) is 0 Å². The molecule has 3 rings (SSSR count). The molecule has 1 heterocycles. The second-order valence-corrected chi connectivity index (χ2v) is 5.86. The molecule has 0 aromatic heterocycles. The lowest BCUT2D eigenvalue weighted by molar-refractivity contribution is -0.137. The Morgan fingerprint density at radius 1 is 1.26 bits per heavy atom. The van der Waals surface area contributed by atoms with Gasteiger partial charge in [0.15, 0.2) is 0 Å². The summed E-state index contributed by atoms with van der Waals surface area (Å²) in [5.41, 5.74) is 4.41. The fourth-order valence-corrected chi connectivity index (χ4v) is 3.28. The number of carboxylic acid groups (broad SMARTS) is 1. The van der Waals surface area contributed by atoms with Crippen LogP contribution < -0.4 is 0 Å². The van der Waals surface area contributed by atoms with Crippen LogP contribution in [0.2, 0.25) is 0 Å². The lowest BCUT2D eigenvalue weighted by Gasteiger charge is -2.42. The number of aliphatic carboxylic acids is 1. The number of hydrogen-bond acceptors (Lipinski definition) is 2. The number of carbonyl (C=O) groups is 1. The first-order valence-corrected chi connectivity index (χ1v) is 7.11. The summed E-state index contributed by atoms with van der Waals surface area (Å²) in [6.45, 7) is 1.48. The first-order chi connectivity index (χ1) is 9.20. The maximum Gasteiger partial charge on any atom is 0.303 e. The minimum Gasteiger partial charge on any atom is -0.481 e. The Bertz CT molecular complexity index is 489. The van der Waals surface area contributed by atoms with Gasteiger partial charge in [-0.3, -0.25) is 4.79 Å². The van der Waals surface area contributed by atoms with E-state index in [9.17, 15) is 4.79 Å². The molecule has 0 radical (unpaired) electrons. The highest BCUT2D eigenvalue weighted by atomic mass is 16.5. The number of rotatable bonds is 5. The van der Waals surface area contributed by atoms with E-state index in [1.165, 1.54) is 36.0 Å². The molecule has 1 aliphatic carbocycles. The van der Waals surface area contributed by atoms with Crippen LogP contribution in [-0.4, -0.2) is 24.3 Å². The highest BCUT2D eigenvalue weighted by Gasteiger charge is 2.40. The normalized spacial score (nSPS) is 19.8. The summed E-state index contributed by atoms with van der Waals surface area (Å²) in [6, 6.07) is 6.83. The smallest absolute Gasteiger partial charge is 0.303 e. The third-order valence-electron chi connectivity index (χ3n) is 4.51. The van der Waals surface area contributed by atoms with Crippen LogP contribution in [-0.2, 0) is 27.8 Å². The van der Waals surface area contributed by atoms with E-state index in [4.69, 9.17) is 9.84 Å². The molecule has 0 atom stereocenters. The van der Waals surface area contributed by atoms with Gasteiger partial charge in [-0.05, 0) is 48.8 Å². The van der Waals surface area contributed by atoms with Crippen molar-refractivity contribution < 1.29 is 14.6 Å². The minimum absolute atomic E-state index is 0.0765. The third kappa shape index (κ3) is 2.39. The van der Waals surface area contributed by atoms with Crippen LogP contribution in [0.15, 0.2) is 18.2 Å². The maximum absolute atomic E-state index is 10.7. The van der Waals surface area contributed by atoms with E-state index in [1.54, 1.807) is 0 Å². The average molecular weight is 260 g/mol. The Labute approximate surface area is 113 Å². The van der Waals surface area contributed by atoms with Gasteiger partial charge in [0.2, 0.25) is 0 Å². The van der Waals surface area contributed by atoms with Gasteiger partial charge in [0.1, 0.15) is 0 Å². The highest BCUT2D eigenvalue weighted by Crippen LogP contribution is 2.39. The maximum atomic E-state index is 10.7. The summed E-state index contributed by atoms with van der Waals surface area (Å²) < 4.78 is 5.42. The summed E-state index contributed by atoms with van der Waals surface area (Å²) in [6.07, 6.45) is 5.56. The second-order valence-electron chi connectivity index (χ2n) is 5.86. The molecule has 0 amide bonds. The molecule has 1 saturated heterocycles. The highest BCUT2D eigenvalue weighted by molar-refractivity contribution is 5.66. The van der Waals surface area contributed by atoms with Crippen molar-refractivity contribution in [1.82, 2.24) is 0 Å². The molecule has 0 unspecified atom stereocenters. The second kappa shape index (κ2) is 4.97. The Balaban J connectivity index is 1.76. The Morgan fingerprint density at radius 2 is 2.05 bits per heavy atom. The molecule has 102 valence electrons. The topological polar surface area (TPSA) is 46.5 Å². The van der Waals surface area contributed by atoms with E-state index < -0.39 is 5.97 Å². The Kier molecular flexibility index (Phi) is 3.31. The van der Waals surface area contributed by atoms with Gasteiger partial charge in [-0.2, -0.15) is 0 Å². The number of hydrogen-bond donors (Lipinski definition) is 1. The van der Waals surface area contributed by atoms with E-state index in [-0.39, 0.29) is 11.8 Å². The number of benzene rings is 1. The van der Waals surface area contributed by atoms with E-state index in [2.05, 4.69) is 18.2 Å². The van der Waals surface area contributed by atoms with Gasteiger partial charge in [0.25, 0.3) is 0 Å². The van der Waals surface area contributed by atoms with Crippen LogP contribution in [0.5, 0.6) is 0 Å². The number of aryl methyl sites for hydroxylation is 2. The van der Waals surface area contributed by atoms with Crippen molar-refractivity contribution in [3.05, 3.63) is 34.9 Å². The van der Waals surface area contributed by atoms with Gasteiger partial charge in [-0.15, -0.1) is 0 Å². The number of carboxylic acids is 1. The van der Waals surface area contributed by atoms with Crippen molar-refractivity contribution in [2.75, 3.05) is 13.2 Å². The van der Waals surface area contributed by atoms with E-state index in [0.717, 1.165) is 26.1 Å². The molecule has 19 heavy (non-hydrogen) atoms. The molecular formula is C16H20O3. The molecule has 1 fully saturated rings. The van der Waals surface area contributed by atoms with Gasteiger partial charge in [-0.25, -0.2) is 0 Å². The first-order valence-electron chi connectivity index (χ1n) is 7.11. The summed E-state index contributed by atoms with van der Waals surface area (Å²) in [5, 5.41) is 8.77. The van der Waals surface area contributed by atoms with Crippen LogP contribution in [0.25, 0.3) is 0 Å². The zero-order valence-corrected chi connectivity index (χ0v) is 11.2. The molecular weight excluding hydrogens is 240 g/mol. The van der Waals surface area contributed by atoms with Crippen LogP contribution in [0.3, 0.4) is 0 Å². The lowest BCUT2D eigenvalue weighted by Crippen LogP contribution is -2.46. The van der Waals surface area contributed by atoms with Gasteiger partial charge >= 0.3 is 5.97 Å². The zero-order chi connectivity index (χ0) is 13.3. The fraction of sp³-hybridized carbons (Fsp3) is 0.562. The van der Waals surface area contributed by atoms with Crippen molar-refractivity contribution in [2.24, 2.45) is 0 Å². The van der Waals surface area contributed by atoms with E-state index in [0.29, 0.717) is 0 Å². The van der Waals surface area contributed by atoms with Gasteiger partial charge in [-0.1, -0.05) is 18.2 Å². The molecule has 0 bridgehead atoms. The van der Waals surface area contributed by atoms with Crippen molar-refractivity contribution in [3.8, 4) is 0 Å². The molecule has 0 saturated carbocycles. The summed E-state index contributed by atoms with van der Waals surface area (Å²) in [4.78, 5) is 10.7. The van der Waals surface area contributed by atoms with Gasteiger partial charge in [0.05, 0.1) is 13.2 Å². The number of ether oxygens (including phenoxy) is 1. The molecule has 0 spiro atoms. The largest absolute Gasteiger partial charge is 0.481 e.